The van der Waals surface area contributed by atoms with Crippen LogP contribution in [0, 0.1) is 0 Å². The lowest BCUT2D eigenvalue weighted by Gasteiger charge is -2.32. The molecule has 0 bridgehead atoms. The van der Waals surface area contributed by atoms with E-state index in [2.05, 4.69) is 50.2 Å². The summed E-state index contributed by atoms with van der Waals surface area (Å²) in [6, 6.07) is 10.0. The topological polar surface area (TPSA) is 72.2 Å². The molecule has 106 valence electrons. The fraction of sp³-hybridized carbons (Fsp3) is 0.385. The van der Waals surface area contributed by atoms with Crippen molar-refractivity contribution in [3.8, 4) is 0 Å². The van der Waals surface area contributed by atoms with Gasteiger partial charge in [-0.1, -0.05) is 69.4 Å². The Bertz CT molecular complexity index is 402. The molecule has 6 heteroatoms. The third kappa shape index (κ3) is 6.54. The quantitative estimate of drug-likeness (QED) is 0.644. The molecule has 2 amide bonds. The summed E-state index contributed by atoms with van der Waals surface area (Å²) in [5.41, 5.74) is 5.20. The predicted octanol–water partition coefficient (Wildman–Crippen LogP) is 3.34. The lowest BCUT2D eigenvalue weighted by atomic mass is 9.85. The van der Waals surface area contributed by atoms with E-state index in [4.69, 9.17) is 4.79 Å². The van der Waals surface area contributed by atoms with Crippen LogP contribution in [0.15, 0.2) is 30.3 Å². The molecular formula is C13H20N2O2S2. The Labute approximate surface area is 125 Å². The van der Waals surface area contributed by atoms with Crippen LogP contribution < -0.4 is 11.1 Å². The van der Waals surface area contributed by atoms with Gasteiger partial charge in [0, 0.05) is 0 Å². The van der Waals surface area contributed by atoms with Crippen molar-refractivity contribution in [3.05, 3.63) is 35.9 Å². The van der Waals surface area contributed by atoms with E-state index in [9.17, 15) is 4.79 Å². The molecule has 4 nitrogen and oxygen atoms in total. The standard InChI is InChI=1S/C12H17NOS.CH3NOS/c1-3-12(4-2,13-11(14)15)10-8-6-5-7-9-10;2-1(3)4/h5-9H,3-4H2,1-2H3,(H2,13,14,15);(H3,2,3,4). The fourth-order valence-corrected chi connectivity index (χ4v) is 2.08. The van der Waals surface area contributed by atoms with E-state index < -0.39 is 5.24 Å². The molecule has 0 fully saturated rings. The van der Waals surface area contributed by atoms with Crippen LogP contribution in [0.4, 0.5) is 9.59 Å². The Kier molecular flexibility index (Phi) is 8.34. The normalized spacial score (nSPS) is 10.1. The van der Waals surface area contributed by atoms with Crippen molar-refractivity contribution in [1.82, 2.24) is 5.32 Å². The highest BCUT2D eigenvalue weighted by Gasteiger charge is 2.28. The number of benzene rings is 1. The Hall–Kier alpha value is -1.14. The smallest absolute Gasteiger partial charge is 0.276 e. The third-order valence-corrected chi connectivity index (χ3v) is 2.99. The molecule has 0 aromatic heterocycles. The summed E-state index contributed by atoms with van der Waals surface area (Å²) in [6.07, 6.45) is 1.72. The second-order valence-corrected chi connectivity index (χ2v) is 4.77. The minimum atomic E-state index is -0.639. The SMILES string of the molecule is CCC(CC)(NC(=O)S)c1ccccc1.NC(=O)S. The lowest BCUT2D eigenvalue weighted by molar-refractivity contribution is 0.241. The number of rotatable bonds is 4. The van der Waals surface area contributed by atoms with Crippen molar-refractivity contribution in [2.24, 2.45) is 5.73 Å². The molecule has 0 spiro atoms. The van der Waals surface area contributed by atoms with Crippen molar-refractivity contribution >= 4 is 35.7 Å². The van der Waals surface area contributed by atoms with Crippen LogP contribution in [0.25, 0.3) is 0 Å². The van der Waals surface area contributed by atoms with Gasteiger partial charge >= 0.3 is 0 Å². The molecule has 0 radical (unpaired) electrons. The van der Waals surface area contributed by atoms with Gasteiger partial charge in [0.15, 0.2) is 0 Å². The van der Waals surface area contributed by atoms with Gasteiger partial charge in [0.2, 0.25) is 0 Å². The first kappa shape index (κ1) is 17.9. The first-order chi connectivity index (χ1) is 8.88. The molecule has 0 atom stereocenters. The molecule has 19 heavy (non-hydrogen) atoms. The van der Waals surface area contributed by atoms with Crippen LogP contribution >= 0.6 is 25.3 Å². The zero-order chi connectivity index (χ0) is 14.9. The Morgan fingerprint density at radius 1 is 1.16 bits per heavy atom. The highest BCUT2D eigenvalue weighted by atomic mass is 32.1. The van der Waals surface area contributed by atoms with Gasteiger partial charge in [0.25, 0.3) is 10.5 Å². The number of primary amides is 1. The van der Waals surface area contributed by atoms with Gasteiger partial charge in [0.1, 0.15) is 0 Å². The lowest BCUT2D eigenvalue weighted by Crippen LogP contribution is -2.42. The maximum Gasteiger partial charge on any atom is 0.276 e. The zero-order valence-corrected chi connectivity index (χ0v) is 12.9. The molecule has 1 aromatic rings. The van der Waals surface area contributed by atoms with Gasteiger partial charge in [-0.2, -0.15) is 0 Å². The fourth-order valence-electron chi connectivity index (χ4n) is 1.87. The van der Waals surface area contributed by atoms with Gasteiger partial charge in [0.05, 0.1) is 5.54 Å². The van der Waals surface area contributed by atoms with Crippen molar-refractivity contribution in [2.45, 2.75) is 32.2 Å². The van der Waals surface area contributed by atoms with Gasteiger partial charge in [-0.15, -0.1) is 0 Å². The molecule has 0 heterocycles. The number of nitrogens with two attached hydrogens (primary N) is 1. The van der Waals surface area contributed by atoms with E-state index in [0.29, 0.717) is 0 Å². The van der Waals surface area contributed by atoms with Gasteiger partial charge in [-0.3, -0.25) is 9.59 Å². The van der Waals surface area contributed by atoms with E-state index >= 15 is 0 Å². The zero-order valence-electron chi connectivity index (χ0n) is 11.1. The summed E-state index contributed by atoms with van der Waals surface area (Å²) in [6.45, 7) is 4.14. The summed E-state index contributed by atoms with van der Waals surface area (Å²) in [5, 5.41) is 2.02. The van der Waals surface area contributed by atoms with E-state index in [1.54, 1.807) is 0 Å². The second-order valence-electron chi connectivity index (χ2n) is 3.92. The molecule has 0 unspecified atom stereocenters. The predicted molar refractivity (Wildman–Crippen MR) is 84.8 cm³/mol. The highest BCUT2D eigenvalue weighted by Crippen LogP contribution is 2.28. The number of nitrogens with one attached hydrogen (secondary N) is 1. The van der Waals surface area contributed by atoms with Crippen LogP contribution in [0.3, 0.4) is 0 Å². The summed E-state index contributed by atoms with van der Waals surface area (Å²) in [7, 11) is 0. The Morgan fingerprint density at radius 2 is 1.58 bits per heavy atom. The summed E-state index contributed by atoms with van der Waals surface area (Å²) < 4.78 is 0. The van der Waals surface area contributed by atoms with Crippen LogP contribution in [0.1, 0.15) is 32.3 Å². The maximum atomic E-state index is 11.1. The van der Waals surface area contributed by atoms with Crippen LogP contribution in [0.5, 0.6) is 0 Å². The third-order valence-electron chi connectivity index (χ3n) is 2.88. The van der Waals surface area contributed by atoms with Crippen molar-refractivity contribution in [1.29, 1.82) is 0 Å². The van der Waals surface area contributed by atoms with Crippen molar-refractivity contribution in [3.63, 3.8) is 0 Å². The van der Waals surface area contributed by atoms with Gasteiger partial charge < -0.3 is 11.1 Å². The van der Waals surface area contributed by atoms with Crippen LogP contribution in [0.2, 0.25) is 0 Å². The molecule has 1 aromatic carbocycles. The number of amides is 2. The van der Waals surface area contributed by atoms with E-state index in [0.717, 1.165) is 18.4 Å². The number of hydrogen-bond donors (Lipinski definition) is 4. The highest BCUT2D eigenvalue weighted by molar-refractivity contribution is 7.96. The Morgan fingerprint density at radius 3 is 1.89 bits per heavy atom. The molecule has 0 saturated carbocycles. The average molecular weight is 300 g/mol. The van der Waals surface area contributed by atoms with Crippen LogP contribution in [-0.4, -0.2) is 10.5 Å². The summed E-state index contributed by atoms with van der Waals surface area (Å²) >= 11 is 6.90. The molecule has 0 saturated heterocycles. The minimum absolute atomic E-state index is 0.275. The molecular weight excluding hydrogens is 280 g/mol. The van der Waals surface area contributed by atoms with E-state index in [-0.39, 0.29) is 10.8 Å². The van der Waals surface area contributed by atoms with Crippen LogP contribution in [-0.2, 0) is 5.54 Å². The van der Waals surface area contributed by atoms with Crippen molar-refractivity contribution < 1.29 is 9.59 Å². The average Bonchev–Trinajstić information content (AvgIpc) is 2.36. The molecule has 0 aliphatic rings. The number of carbonyl (C=O) groups is 2. The molecule has 0 aliphatic heterocycles. The molecule has 1 rings (SSSR count). The number of carbonyl (C=O) groups excluding carboxylic acids is 2. The largest absolute Gasteiger partial charge is 0.361 e. The Balaban J connectivity index is 0.000000711. The first-order valence-corrected chi connectivity index (χ1v) is 6.82. The number of hydrogen-bond acceptors (Lipinski definition) is 2. The van der Waals surface area contributed by atoms with E-state index in [1.807, 2.05) is 30.3 Å². The summed E-state index contributed by atoms with van der Waals surface area (Å²) in [4.78, 5) is 20.2. The molecule has 3 N–H and O–H groups in total. The summed E-state index contributed by atoms with van der Waals surface area (Å²) in [5.74, 6) is 0. The monoisotopic (exact) mass is 300 g/mol. The molecule has 0 aliphatic carbocycles. The van der Waals surface area contributed by atoms with Gasteiger partial charge in [-0.05, 0) is 18.4 Å². The first-order valence-electron chi connectivity index (χ1n) is 5.93. The van der Waals surface area contributed by atoms with Gasteiger partial charge in [-0.25, -0.2) is 0 Å². The van der Waals surface area contributed by atoms with Crippen molar-refractivity contribution in [2.75, 3.05) is 0 Å². The van der Waals surface area contributed by atoms with E-state index in [1.165, 1.54) is 0 Å². The minimum Gasteiger partial charge on any atom is -0.361 e. The maximum absolute atomic E-state index is 11.1. The number of thiol groups is 2. The second kappa shape index (κ2) is 8.87.